The summed E-state index contributed by atoms with van der Waals surface area (Å²) in [6.07, 6.45) is 4.33. The molecule has 0 atom stereocenters. The predicted molar refractivity (Wildman–Crippen MR) is 84.5 cm³/mol. The van der Waals surface area contributed by atoms with Crippen LogP contribution in [0.1, 0.15) is 53.7 Å². The van der Waals surface area contributed by atoms with Crippen molar-refractivity contribution in [3.63, 3.8) is 0 Å². The van der Waals surface area contributed by atoms with Crippen LogP contribution < -0.4 is 5.56 Å². The molecule has 0 bridgehead atoms. The molecule has 0 aromatic carbocycles. The van der Waals surface area contributed by atoms with E-state index in [2.05, 4.69) is 11.9 Å². The number of fused-ring (bicyclic) bond motifs is 1. The Morgan fingerprint density at radius 1 is 1.29 bits per heavy atom. The number of unbranched alkanes of at least 4 members (excludes halogenated alkanes) is 3. The van der Waals surface area contributed by atoms with Crippen LogP contribution in [0, 0.1) is 13.8 Å². The van der Waals surface area contributed by atoms with Gasteiger partial charge in [0.15, 0.2) is 0 Å². The molecule has 2 aromatic rings. The maximum Gasteiger partial charge on any atom is 0.346 e. The number of hydrogen-bond acceptors (Lipinski definition) is 4. The molecular formula is C15H20N2O3S. The molecule has 0 aliphatic heterocycles. The number of carboxylic acids is 1. The van der Waals surface area contributed by atoms with Gasteiger partial charge in [-0.25, -0.2) is 9.78 Å². The minimum atomic E-state index is -0.998. The number of nitrogens with zero attached hydrogens (tertiary/aromatic N) is 2. The monoisotopic (exact) mass is 308 g/mol. The van der Waals surface area contributed by atoms with Gasteiger partial charge in [0.1, 0.15) is 15.5 Å². The first kappa shape index (κ1) is 15.7. The second kappa shape index (κ2) is 6.39. The summed E-state index contributed by atoms with van der Waals surface area (Å²) in [7, 11) is 0. The molecule has 0 aliphatic rings. The van der Waals surface area contributed by atoms with Crippen LogP contribution >= 0.6 is 11.3 Å². The maximum absolute atomic E-state index is 12.6. The van der Waals surface area contributed by atoms with E-state index in [0.717, 1.165) is 37.0 Å². The highest BCUT2D eigenvalue weighted by Crippen LogP contribution is 2.27. The summed E-state index contributed by atoms with van der Waals surface area (Å²) in [6, 6.07) is 0. The van der Waals surface area contributed by atoms with E-state index >= 15 is 0 Å². The van der Waals surface area contributed by atoms with E-state index in [-0.39, 0.29) is 10.4 Å². The molecule has 0 aliphatic carbocycles. The Bertz CT molecular complexity index is 731. The third-order valence-corrected chi connectivity index (χ3v) is 4.84. The molecule has 21 heavy (non-hydrogen) atoms. The molecule has 0 spiro atoms. The van der Waals surface area contributed by atoms with Gasteiger partial charge in [-0.3, -0.25) is 9.36 Å². The summed E-state index contributed by atoms with van der Waals surface area (Å²) in [5.74, 6) is -0.343. The lowest BCUT2D eigenvalue weighted by atomic mass is 10.2. The Kier molecular flexibility index (Phi) is 4.77. The summed E-state index contributed by atoms with van der Waals surface area (Å²) in [4.78, 5) is 28.9. The van der Waals surface area contributed by atoms with Crippen molar-refractivity contribution in [2.75, 3.05) is 0 Å². The number of carboxylic acid groups (broad SMARTS) is 1. The van der Waals surface area contributed by atoms with Crippen molar-refractivity contribution < 1.29 is 9.90 Å². The summed E-state index contributed by atoms with van der Waals surface area (Å²) in [6.45, 7) is 6.27. The van der Waals surface area contributed by atoms with Crippen molar-refractivity contribution in [1.82, 2.24) is 9.55 Å². The Morgan fingerprint density at radius 3 is 2.62 bits per heavy atom. The lowest BCUT2D eigenvalue weighted by Gasteiger charge is -2.09. The van der Waals surface area contributed by atoms with Crippen molar-refractivity contribution in [1.29, 1.82) is 0 Å². The topological polar surface area (TPSA) is 72.2 Å². The highest BCUT2D eigenvalue weighted by Gasteiger charge is 2.19. The van der Waals surface area contributed by atoms with Gasteiger partial charge in [-0.2, -0.15) is 0 Å². The Hall–Kier alpha value is -1.69. The predicted octanol–water partition coefficient (Wildman–Crippen LogP) is 3.35. The number of rotatable bonds is 6. The first-order valence-corrected chi connectivity index (χ1v) is 8.02. The minimum absolute atomic E-state index is 0.116. The standard InChI is InChI=1S/C15H20N2O3S/c1-4-5-6-7-8-17-10(3)16-13-11(14(17)18)9(2)12(21-13)15(19)20/h4-8H2,1-3H3,(H,19,20). The minimum Gasteiger partial charge on any atom is -0.477 e. The number of aromatic nitrogens is 2. The van der Waals surface area contributed by atoms with Gasteiger partial charge in [-0.05, 0) is 25.8 Å². The first-order chi connectivity index (χ1) is 9.97. The molecule has 2 rings (SSSR count). The molecule has 114 valence electrons. The largest absolute Gasteiger partial charge is 0.477 e. The van der Waals surface area contributed by atoms with E-state index in [1.807, 2.05) is 0 Å². The SMILES string of the molecule is CCCCCCn1c(C)nc2sc(C(=O)O)c(C)c2c1=O. The van der Waals surface area contributed by atoms with Crippen LogP contribution in [0.15, 0.2) is 4.79 Å². The smallest absolute Gasteiger partial charge is 0.346 e. The Balaban J connectivity index is 2.46. The van der Waals surface area contributed by atoms with Gasteiger partial charge >= 0.3 is 5.97 Å². The quantitative estimate of drug-likeness (QED) is 0.831. The first-order valence-electron chi connectivity index (χ1n) is 7.21. The van der Waals surface area contributed by atoms with Crippen LogP contribution in [0.25, 0.3) is 10.2 Å². The van der Waals surface area contributed by atoms with Crippen LogP contribution in [0.5, 0.6) is 0 Å². The molecular weight excluding hydrogens is 288 g/mol. The highest BCUT2D eigenvalue weighted by atomic mass is 32.1. The van der Waals surface area contributed by atoms with Crippen LogP contribution in [0.4, 0.5) is 0 Å². The lowest BCUT2D eigenvalue weighted by molar-refractivity contribution is 0.0701. The number of carbonyl (C=O) groups is 1. The van der Waals surface area contributed by atoms with Crippen molar-refractivity contribution in [2.45, 2.75) is 53.0 Å². The van der Waals surface area contributed by atoms with Gasteiger partial charge in [-0.1, -0.05) is 26.2 Å². The van der Waals surface area contributed by atoms with Crippen LogP contribution in [-0.4, -0.2) is 20.6 Å². The van der Waals surface area contributed by atoms with E-state index in [1.54, 1.807) is 18.4 Å². The van der Waals surface area contributed by atoms with E-state index in [1.165, 1.54) is 0 Å². The molecule has 5 nitrogen and oxygen atoms in total. The average molecular weight is 308 g/mol. The van der Waals surface area contributed by atoms with Crippen molar-refractivity contribution in [3.8, 4) is 0 Å². The van der Waals surface area contributed by atoms with Gasteiger partial charge in [-0.15, -0.1) is 11.3 Å². The van der Waals surface area contributed by atoms with Gasteiger partial charge < -0.3 is 5.11 Å². The molecule has 0 amide bonds. The molecule has 0 saturated heterocycles. The fourth-order valence-electron chi connectivity index (χ4n) is 2.48. The highest BCUT2D eigenvalue weighted by molar-refractivity contribution is 7.20. The Labute approximate surface area is 127 Å². The molecule has 0 saturated carbocycles. The fourth-order valence-corrected chi connectivity index (χ4v) is 3.54. The van der Waals surface area contributed by atoms with E-state index < -0.39 is 5.97 Å². The molecule has 0 unspecified atom stereocenters. The molecule has 2 aromatic heterocycles. The normalized spacial score (nSPS) is 11.2. The van der Waals surface area contributed by atoms with Crippen LogP contribution in [-0.2, 0) is 6.54 Å². The third kappa shape index (κ3) is 3.00. The second-order valence-corrected chi connectivity index (χ2v) is 6.22. The zero-order valence-electron chi connectivity index (χ0n) is 12.6. The van der Waals surface area contributed by atoms with Crippen molar-refractivity contribution in [2.24, 2.45) is 0 Å². The van der Waals surface area contributed by atoms with Gasteiger partial charge in [0.25, 0.3) is 5.56 Å². The maximum atomic E-state index is 12.6. The van der Waals surface area contributed by atoms with E-state index in [9.17, 15) is 14.7 Å². The molecule has 1 N–H and O–H groups in total. The number of aromatic carboxylic acids is 1. The van der Waals surface area contributed by atoms with Crippen LogP contribution in [0.2, 0.25) is 0 Å². The third-order valence-electron chi connectivity index (χ3n) is 3.67. The zero-order valence-corrected chi connectivity index (χ0v) is 13.4. The molecule has 2 heterocycles. The number of hydrogen-bond donors (Lipinski definition) is 1. The summed E-state index contributed by atoms with van der Waals surface area (Å²) in [5.41, 5.74) is 0.414. The Morgan fingerprint density at radius 2 is 2.00 bits per heavy atom. The second-order valence-electron chi connectivity index (χ2n) is 5.22. The number of aryl methyl sites for hydroxylation is 2. The fraction of sp³-hybridized carbons (Fsp3) is 0.533. The average Bonchev–Trinajstić information content (AvgIpc) is 2.75. The van der Waals surface area contributed by atoms with Gasteiger partial charge in [0.05, 0.1) is 5.39 Å². The summed E-state index contributed by atoms with van der Waals surface area (Å²) < 4.78 is 1.67. The van der Waals surface area contributed by atoms with E-state index in [4.69, 9.17) is 0 Å². The molecule has 6 heteroatoms. The number of thiophene rings is 1. The molecule has 0 radical (unpaired) electrons. The van der Waals surface area contributed by atoms with Crippen LogP contribution in [0.3, 0.4) is 0 Å². The van der Waals surface area contributed by atoms with Crippen molar-refractivity contribution >= 4 is 27.5 Å². The zero-order chi connectivity index (χ0) is 15.6. The lowest BCUT2D eigenvalue weighted by Crippen LogP contribution is -2.24. The van der Waals surface area contributed by atoms with Crippen molar-refractivity contribution in [3.05, 3.63) is 26.6 Å². The summed E-state index contributed by atoms with van der Waals surface area (Å²) >= 11 is 1.08. The summed E-state index contributed by atoms with van der Waals surface area (Å²) in [5, 5.41) is 9.63. The van der Waals surface area contributed by atoms with Gasteiger partial charge in [0.2, 0.25) is 0 Å². The van der Waals surface area contributed by atoms with Gasteiger partial charge in [0, 0.05) is 6.54 Å². The molecule has 0 fully saturated rings. The van der Waals surface area contributed by atoms with E-state index in [0.29, 0.717) is 28.1 Å².